The number of likely N-dealkylation sites (tertiary alicyclic amines) is 1. The molecule has 0 aromatic carbocycles. The first-order valence-electron chi connectivity index (χ1n) is 7.57. The van der Waals surface area contributed by atoms with Gasteiger partial charge in [0.25, 0.3) is 0 Å². The molecule has 1 aliphatic rings. The minimum Gasteiger partial charge on any atom is -0.339 e. The second-order valence-electron chi connectivity index (χ2n) is 6.76. The molecule has 114 valence electrons. The fourth-order valence-electron chi connectivity index (χ4n) is 2.74. The maximum Gasteiger partial charge on any atom is 0.232 e. The van der Waals surface area contributed by atoms with E-state index in [4.69, 9.17) is 4.52 Å². The molecule has 2 aromatic heterocycles. The second kappa shape index (κ2) is 5.60. The molecule has 2 aromatic rings. The van der Waals surface area contributed by atoms with Gasteiger partial charge in [0, 0.05) is 23.9 Å². The van der Waals surface area contributed by atoms with Crippen molar-refractivity contribution in [3.8, 4) is 0 Å². The van der Waals surface area contributed by atoms with Gasteiger partial charge in [0.15, 0.2) is 5.82 Å². The Bertz CT molecular complexity index is 569. The highest BCUT2D eigenvalue weighted by Crippen LogP contribution is 2.23. The largest absolute Gasteiger partial charge is 0.339 e. The van der Waals surface area contributed by atoms with Crippen LogP contribution in [0.4, 0.5) is 0 Å². The van der Waals surface area contributed by atoms with Crippen molar-refractivity contribution in [2.24, 2.45) is 0 Å². The Morgan fingerprint density at radius 2 is 2.24 bits per heavy atom. The zero-order valence-corrected chi connectivity index (χ0v) is 13.0. The van der Waals surface area contributed by atoms with Crippen LogP contribution >= 0.6 is 0 Å². The standard InChI is InChI=1S/C15H23N5O/c1-15(2,3)14-17-13(18-21-14)11-19-8-4-6-12(19)10-20-9-5-7-16-20/h5,7,9,12H,4,6,8,10-11H2,1-3H3/t12-/m1/s1. The fourth-order valence-corrected chi connectivity index (χ4v) is 2.74. The van der Waals surface area contributed by atoms with Crippen LogP contribution in [0, 0.1) is 0 Å². The van der Waals surface area contributed by atoms with Crippen molar-refractivity contribution in [2.45, 2.75) is 58.2 Å². The first kappa shape index (κ1) is 14.3. The Morgan fingerprint density at radius 1 is 1.38 bits per heavy atom. The van der Waals surface area contributed by atoms with Crippen molar-refractivity contribution >= 4 is 0 Å². The van der Waals surface area contributed by atoms with Gasteiger partial charge in [0.2, 0.25) is 5.89 Å². The van der Waals surface area contributed by atoms with Crippen molar-refractivity contribution in [1.82, 2.24) is 24.8 Å². The first-order valence-corrected chi connectivity index (χ1v) is 7.57. The maximum absolute atomic E-state index is 5.38. The van der Waals surface area contributed by atoms with Gasteiger partial charge in [-0.1, -0.05) is 25.9 Å². The molecule has 0 bridgehead atoms. The third kappa shape index (κ3) is 3.32. The van der Waals surface area contributed by atoms with E-state index >= 15 is 0 Å². The quantitative estimate of drug-likeness (QED) is 0.864. The van der Waals surface area contributed by atoms with E-state index in [2.05, 4.69) is 40.9 Å². The third-order valence-corrected chi connectivity index (χ3v) is 3.91. The van der Waals surface area contributed by atoms with Gasteiger partial charge < -0.3 is 4.52 Å². The van der Waals surface area contributed by atoms with E-state index in [-0.39, 0.29) is 5.41 Å². The average molecular weight is 289 g/mol. The highest BCUT2D eigenvalue weighted by atomic mass is 16.5. The van der Waals surface area contributed by atoms with Gasteiger partial charge >= 0.3 is 0 Å². The summed E-state index contributed by atoms with van der Waals surface area (Å²) in [5, 5.41) is 8.43. The molecule has 0 aliphatic carbocycles. The van der Waals surface area contributed by atoms with Crippen LogP contribution in [0.15, 0.2) is 23.0 Å². The topological polar surface area (TPSA) is 60.0 Å². The second-order valence-corrected chi connectivity index (χ2v) is 6.76. The summed E-state index contributed by atoms with van der Waals surface area (Å²) in [5.41, 5.74) is -0.0925. The lowest BCUT2D eigenvalue weighted by Gasteiger charge is -2.22. The summed E-state index contributed by atoms with van der Waals surface area (Å²) >= 11 is 0. The van der Waals surface area contributed by atoms with E-state index in [1.807, 2.05) is 23.1 Å². The number of rotatable bonds is 4. The van der Waals surface area contributed by atoms with E-state index in [1.165, 1.54) is 12.8 Å². The van der Waals surface area contributed by atoms with Gasteiger partial charge in [-0.25, -0.2) is 0 Å². The average Bonchev–Trinajstić information content (AvgIpc) is 3.12. The summed E-state index contributed by atoms with van der Waals surface area (Å²) in [5.74, 6) is 1.49. The zero-order chi connectivity index (χ0) is 14.9. The first-order chi connectivity index (χ1) is 10.0. The number of nitrogens with zero attached hydrogens (tertiary/aromatic N) is 5. The molecule has 0 amide bonds. The van der Waals surface area contributed by atoms with Gasteiger partial charge in [-0.2, -0.15) is 10.1 Å². The van der Waals surface area contributed by atoms with Crippen LogP contribution in [0.1, 0.15) is 45.3 Å². The molecule has 1 saturated heterocycles. The minimum atomic E-state index is -0.0925. The molecule has 1 fully saturated rings. The SMILES string of the molecule is CC(C)(C)c1nc(CN2CCC[C@@H]2Cn2cccn2)no1. The van der Waals surface area contributed by atoms with Crippen LogP contribution in [0.25, 0.3) is 0 Å². The van der Waals surface area contributed by atoms with Gasteiger partial charge in [-0.05, 0) is 25.5 Å². The molecule has 21 heavy (non-hydrogen) atoms. The minimum absolute atomic E-state index is 0.0925. The Morgan fingerprint density at radius 3 is 2.90 bits per heavy atom. The molecule has 6 heteroatoms. The predicted octanol–water partition coefficient (Wildman–Crippen LogP) is 2.23. The molecular weight excluding hydrogens is 266 g/mol. The van der Waals surface area contributed by atoms with E-state index in [0.717, 1.165) is 25.5 Å². The van der Waals surface area contributed by atoms with Gasteiger partial charge in [0.1, 0.15) is 0 Å². The van der Waals surface area contributed by atoms with Crippen LogP contribution in [0.2, 0.25) is 0 Å². The lowest BCUT2D eigenvalue weighted by atomic mass is 9.97. The predicted molar refractivity (Wildman–Crippen MR) is 78.7 cm³/mol. The molecule has 1 atom stereocenters. The molecule has 6 nitrogen and oxygen atoms in total. The molecule has 0 radical (unpaired) electrons. The molecule has 1 aliphatic heterocycles. The van der Waals surface area contributed by atoms with Crippen molar-refractivity contribution in [3.63, 3.8) is 0 Å². The van der Waals surface area contributed by atoms with Crippen LogP contribution in [-0.2, 0) is 18.5 Å². The van der Waals surface area contributed by atoms with Crippen LogP contribution in [0.3, 0.4) is 0 Å². The van der Waals surface area contributed by atoms with Crippen LogP contribution in [0.5, 0.6) is 0 Å². The summed E-state index contributed by atoms with van der Waals surface area (Å²) in [6.07, 6.45) is 6.26. The number of aromatic nitrogens is 4. The molecule has 3 heterocycles. The maximum atomic E-state index is 5.38. The molecule has 0 unspecified atom stereocenters. The summed E-state index contributed by atoms with van der Waals surface area (Å²) in [4.78, 5) is 6.96. The molecule has 3 rings (SSSR count). The fraction of sp³-hybridized carbons (Fsp3) is 0.667. The Balaban J connectivity index is 1.64. The molecular formula is C15H23N5O. The normalized spacial score (nSPS) is 20.2. The summed E-state index contributed by atoms with van der Waals surface area (Å²) < 4.78 is 7.37. The van der Waals surface area contributed by atoms with Crippen LogP contribution < -0.4 is 0 Å². The van der Waals surface area contributed by atoms with E-state index < -0.39 is 0 Å². The summed E-state index contributed by atoms with van der Waals surface area (Å²) in [7, 11) is 0. The van der Waals surface area contributed by atoms with Gasteiger partial charge in [0.05, 0.1) is 13.1 Å². The Kier molecular flexibility index (Phi) is 3.80. The molecule has 0 spiro atoms. The Labute approximate surface area is 125 Å². The smallest absolute Gasteiger partial charge is 0.232 e. The van der Waals surface area contributed by atoms with Crippen molar-refractivity contribution in [1.29, 1.82) is 0 Å². The summed E-state index contributed by atoms with van der Waals surface area (Å²) in [6.45, 7) is 9.02. The monoisotopic (exact) mass is 289 g/mol. The Hall–Kier alpha value is -1.69. The molecule has 0 N–H and O–H groups in total. The van der Waals surface area contributed by atoms with Crippen molar-refractivity contribution in [2.75, 3.05) is 6.54 Å². The van der Waals surface area contributed by atoms with Gasteiger partial charge in [-0.3, -0.25) is 9.58 Å². The third-order valence-electron chi connectivity index (χ3n) is 3.91. The van der Waals surface area contributed by atoms with E-state index in [1.54, 1.807) is 0 Å². The highest BCUT2D eigenvalue weighted by Gasteiger charge is 2.28. The van der Waals surface area contributed by atoms with Crippen molar-refractivity contribution in [3.05, 3.63) is 30.2 Å². The highest BCUT2D eigenvalue weighted by molar-refractivity contribution is 4.99. The molecule has 0 saturated carbocycles. The van der Waals surface area contributed by atoms with E-state index in [0.29, 0.717) is 11.9 Å². The van der Waals surface area contributed by atoms with Gasteiger partial charge in [-0.15, -0.1) is 0 Å². The van der Waals surface area contributed by atoms with Crippen molar-refractivity contribution < 1.29 is 4.52 Å². The zero-order valence-electron chi connectivity index (χ0n) is 13.0. The van der Waals surface area contributed by atoms with Crippen LogP contribution in [-0.4, -0.2) is 37.4 Å². The van der Waals surface area contributed by atoms with E-state index in [9.17, 15) is 0 Å². The number of hydrogen-bond donors (Lipinski definition) is 0. The summed E-state index contributed by atoms with van der Waals surface area (Å²) in [6, 6.07) is 2.47. The lowest BCUT2D eigenvalue weighted by molar-refractivity contribution is 0.211. The lowest BCUT2D eigenvalue weighted by Crippen LogP contribution is -2.33. The number of hydrogen-bond acceptors (Lipinski definition) is 5.